The Balaban J connectivity index is 1.44. The molecule has 24 heavy (non-hydrogen) atoms. The quantitative estimate of drug-likeness (QED) is 0.857. The number of nitrogens with one attached hydrogen (secondary N) is 1. The molecule has 1 aromatic heterocycles. The zero-order valence-electron chi connectivity index (χ0n) is 14.7. The van der Waals surface area contributed by atoms with E-state index in [0.717, 1.165) is 45.0 Å². The summed E-state index contributed by atoms with van der Waals surface area (Å²) >= 11 is 0. The number of carbonyl (C=O) groups is 1. The van der Waals surface area contributed by atoms with Crippen molar-refractivity contribution in [2.45, 2.75) is 32.6 Å². The zero-order valence-corrected chi connectivity index (χ0v) is 14.7. The largest absolute Gasteiger partial charge is 0.355 e. The van der Waals surface area contributed by atoms with Gasteiger partial charge in [-0.1, -0.05) is 6.92 Å². The van der Waals surface area contributed by atoms with Crippen LogP contribution < -0.4 is 10.2 Å². The predicted molar refractivity (Wildman–Crippen MR) is 94.8 cm³/mol. The summed E-state index contributed by atoms with van der Waals surface area (Å²) in [6.45, 7) is 8.17. The van der Waals surface area contributed by atoms with Crippen LogP contribution in [0.5, 0.6) is 0 Å². The maximum Gasteiger partial charge on any atom is 0.225 e. The molecule has 2 aliphatic heterocycles. The fourth-order valence-corrected chi connectivity index (χ4v) is 3.72. The van der Waals surface area contributed by atoms with Crippen molar-refractivity contribution in [1.29, 1.82) is 0 Å². The molecule has 1 amide bonds. The van der Waals surface area contributed by atoms with Crippen molar-refractivity contribution in [2.24, 2.45) is 11.8 Å². The summed E-state index contributed by atoms with van der Waals surface area (Å²) in [6.07, 6.45) is 8.12. The third-order valence-electron chi connectivity index (χ3n) is 5.02. The van der Waals surface area contributed by atoms with Crippen molar-refractivity contribution in [2.75, 3.05) is 44.2 Å². The van der Waals surface area contributed by atoms with Crippen molar-refractivity contribution in [3.63, 3.8) is 0 Å². The maximum atomic E-state index is 12.5. The summed E-state index contributed by atoms with van der Waals surface area (Å²) in [6, 6.07) is 1.82. The van der Waals surface area contributed by atoms with E-state index in [1.807, 2.05) is 6.07 Å². The number of rotatable bonds is 6. The van der Waals surface area contributed by atoms with Crippen LogP contribution in [0.4, 0.5) is 5.95 Å². The van der Waals surface area contributed by atoms with Gasteiger partial charge in [0.25, 0.3) is 0 Å². The van der Waals surface area contributed by atoms with Gasteiger partial charge in [0, 0.05) is 38.6 Å². The van der Waals surface area contributed by atoms with Gasteiger partial charge in [0.15, 0.2) is 0 Å². The topological polar surface area (TPSA) is 61.4 Å². The SMILES string of the molecule is C[C@@H](CNC(=O)[C@H]1CCCN(c2ncccn2)C1)CN1CCCC1. The van der Waals surface area contributed by atoms with E-state index in [4.69, 9.17) is 0 Å². The van der Waals surface area contributed by atoms with Gasteiger partial charge < -0.3 is 15.1 Å². The molecule has 132 valence electrons. The van der Waals surface area contributed by atoms with Gasteiger partial charge >= 0.3 is 0 Å². The predicted octanol–water partition coefficient (Wildman–Crippen LogP) is 1.54. The second kappa shape index (κ2) is 8.42. The molecule has 6 heteroatoms. The number of aromatic nitrogens is 2. The number of amides is 1. The van der Waals surface area contributed by atoms with Crippen LogP contribution in [-0.2, 0) is 4.79 Å². The Kier molecular flexibility index (Phi) is 6.01. The lowest BCUT2D eigenvalue weighted by atomic mass is 9.97. The lowest BCUT2D eigenvalue weighted by Crippen LogP contribution is -2.45. The van der Waals surface area contributed by atoms with Crippen molar-refractivity contribution in [1.82, 2.24) is 20.2 Å². The molecule has 0 radical (unpaired) electrons. The first-order valence-corrected chi connectivity index (χ1v) is 9.24. The standard InChI is InChI=1S/C18H29N5O/c1-15(13-22-9-2-3-10-22)12-21-17(24)16-6-4-11-23(14-16)18-19-7-5-8-20-18/h5,7-8,15-16H,2-4,6,9-14H2,1H3,(H,21,24)/t15-,16-/m0/s1. The summed E-state index contributed by atoms with van der Waals surface area (Å²) in [5.41, 5.74) is 0. The zero-order chi connectivity index (χ0) is 16.8. The van der Waals surface area contributed by atoms with Gasteiger partial charge in [-0.2, -0.15) is 0 Å². The summed E-state index contributed by atoms with van der Waals surface area (Å²) in [7, 11) is 0. The Morgan fingerprint density at radius 2 is 2.00 bits per heavy atom. The molecule has 2 aliphatic rings. The van der Waals surface area contributed by atoms with Gasteiger partial charge in [-0.25, -0.2) is 9.97 Å². The van der Waals surface area contributed by atoms with E-state index in [1.54, 1.807) is 12.4 Å². The molecule has 2 fully saturated rings. The van der Waals surface area contributed by atoms with E-state index in [1.165, 1.54) is 25.9 Å². The first kappa shape index (κ1) is 17.1. The number of nitrogens with zero attached hydrogens (tertiary/aromatic N) is 4. The minimum absolute atomic E-state index is 0.0431. The van der Waals surface area contributed by atoms with Gasteiger partial charge in [0.1, 0.15) is 0 Å². The Morgan fingerprint density at radius 1 is 1.25 bits per heavy atom. The van der Waals surface area contributed by atoms with Crippen molar-refractivity contribution >= 4 is 11.9 Å². The normalized spacial score (nSPS) is 23.2. The molecule has 2 atom stereocenters. The van der Waals surface area contributed by atoms with Crippen LogP contribution in [0, 0.1) is 11.8 Å². The van der Waals surface area contributed by atoms with E-state index in [-0.39, 0.29) is 11.8 Å². The van der Waals surface area contributed by atoms with E-state index in [0.29, 0.717) is 5.92 Å². The summed E-state index contributed by atoms with van der Waals surface area (Å²) in [4.78, 5) is 25.8. The third kappa shape index (κ3) is 4.66. The molecule has 0 unspecified atom stereocenters. The molecule has 0 aromatic carbocycles. The molecule has 0 aliphatic carbocycles. The monoisotopic (exact) mass is 331 g/mol. The highest BCUT2D eigenvalue weighted by atomic mass is 16.1. The Labute approximate surface area is 144 Å². The van der Waals surface area contributed by atoms with Gasteiger partial charge in [0.05, 0.1) is 5.92 Å². The molecule has 3 heterocycles. The van der Waals surface area contributed by atoms with Crippen LogP contribution in [0.1, 0.15) is 32.6 Å². The second-order valence-corrected chi connectivity index (χ2v) is 7.19. The average Bonchev–Trinajstić information content (AvgIpc) is 3.13. The van der Waals surface area contributed by atoms with Gasteiger partial charge in [0.2, 0.25) is 11.9 Å². The minimum atomic E-state index is 0.0431. The van der Waals surface area contributed by atoms with Crippen LogP contribution in [-0.4, -0.2) is 60.0 Å². The van der Waals surface area contributed by atoms with Crippen LogP contribution in [0.2, 0.25) is 0 Å². The molecule has 0 spiro atoms. The fraction of sp³-hybridized carbons (Fsp3) is 0.722. The minimum Gasteiger partial charge on any atom is -0.355 e. The molecule has 3 rings (SSSR count). The van der Waals surface area contributed by atoms with E-state index >= 15 is 0 Å². The summed E-state index contributed by atoms with van der Waals surface area (Å²) < 4.78 is 0. The lowest BCUT2D eigenvalue weighted by Gasteiger charge is -2.32. The number of hydrogen-bond acceptors (Lipinski definition) is 5. The molecular formula is C18H29N5O. The van der Waals surface area contributed by atoms with E-state index < -0.39 is 0 Å². The smallest absolute Gasteiger partial charge is 0.225 e. The molecule has 1 N–H and O–H groups in total. The molecule has 1 aromatic rings. The highest BCUT2D eigenvalue weighted by Gasteiger charge is 2.27. The average molecular weight is 331 g/mol. The molecule has 2 saturated heterocycles. The number of hydrogen-bond donors (Lipinski definition) is 1. The highest BCUT2D eigenvalue weighted by molar-refractivity contribution is 5.79. The van der Waals surface area contributed by atoms with E-state index in [2.05, 4.69) is 32.0 Å². The first-order valence-electron chi connectivity index (χ1n) is 9.24. The number of carbonyl (C=O) groups excluding carboxylic acids is 1. The molecule has 6 nitrogen and oxygen atoms in total. The van der Waals surface area contributed by atoms with Gasteiger partial charge in [-0.05, 0) is 50.8 Å². The second-order valence-electron chi connectivity index (χ2n) is 7.19. The summed E-state index contributed by atoms with van der Waals surface area (Å²) in [5.74, 6) is 1.46. The van der Waals surface area contributed by atoms with Crippen LogP contribution in [0.15, 0.2) is 18.5 Å². The third-order valence-corrected chi connectivity index (χ3v) is 5.02. The number of anilines is 1. The van der Waals surface area contributed by atoms with Gasteiger partial charge in [-0.3, -0.25) is 4.79 Å². The van der Waals surface area contributed by atoms with Crippen LogP contribution in [0.25, 0.3) is 0 Å². The van der Waals surface area contributed by atoms with Crippen molar-refractivity contribution < 1.29 is 4.79 Å². The Morgan fingerprint density at radius 3 is 2.75 bits per heavy atom. The van der Waals surface area contributed by atoms with Gasteiger partial charge in [-0.15, -0.1) is 0 Å². The number of likely N-dealkylation sites (tertiary alicyclic amines) is 1. The Hall–Kier alpha value is -1.69. The maximum absolute atomic E-state index is 12.5. The molecule has 0 saturated carbocycles. The van der Waals surface area contributed by atoms with Crippen LogP contribution >= 0.6 is 0 Å². The fourth-order valence-electron chi connectivity index (χ4n) is 3.72. The number of piperidine rings is 1. The lowest BCUT2D eigenvalue weighted by molar-refractivity contribution is -0.125. The molecular weight excluding hydrogens is 302 g/mol. The van der Waals surface area contributed by atoms with E-state index in [9.17, 15) is 4.79 Å². The molecule has 0 bridgehead atoms. The highest BCUT2D eigenvalue weighted by Crippen LogP contribution is 2.20. The van der Waals surface area contributed by atoms with Crippen molar-refractivity contribution in [3.8, 4) is 0 Å². The summed E-state index contributed by atoms with van der Waals surface area (Å²) in [5, 5.41) is 3.17. The Bertz CT molecular complexity index is 517. The van der Waals surface area contributed by atoms with Crippen molar-refractivity contribution in [3.05, 3.63) is 18.5 Å². The van der Waals surface area contributed by atoms with Crippen LogP contribution in [0.3, 0.4) is 0 Å². The first-order chi connectivity index (χ1) is 11.7.